The van der Waals surface area contributed by atoms with Gasteiger partial charge in [0.05, 0.1) is 18.0 Å². The highest BCUT2D eigenvalue weighted by molar-refractivity contribution is 7.99. The number of halogens is 1. The Balaban J connectivity index is 1.61. The first kappa shape index (κ1) is 19.3. The van der Waals surface area contributed by atoms with Crippen LogP contribution in [0.15, 0.2) is 53.9 Å². The average Bonchev–Trinajstić information content (AvgIpc) is 3.13. The van der Waals surface area contributed by atoms with Gasteiger partial charge < -0.3 is 10.1 Å². The number of amides is 1. The highest BCUT2D eigenvalue weighted by Gasteiger charge is 2.11. The van der Waals surface area contributed by atoms with Crippen molar-refractivity contribution in [3.8, 4) is 11.4 Å². The molecule has 1 amide bonds. The lowest BCUT2D eigenvalue weighted by atomic mass is 10.2. The van der Waals surface area contributed by atoms with Crippen molar-refractivity contribution in [2.24, 2.45) is 0 Å². The van der Waals surface area contributed by atoms with Crippen LogP contribution in [0.1, 0.15) is 12.5 Å². The van der Waals surface area contributed by atoms with Crippen molar-refractivity contribution in [1.29, 1.82) is 0 Å². The zero-order chi connectivity index (χ0) is 19.2. The molecule has 27 heavy (non-hydrogen) atoms. The van der Waals surface area contributed by atoms with Crippen molar-refractivity contribution in [3.05, 3.63) is 59.4 Å². The number of carbonyl (C=O) groups is 1. The second kappa shape index (κ2) is 8.92. The summed E-state index contributed by atoms with van der Waals surface area (Å²) in [5.41, 5.74) is 2.57. The first-order valence-electron chi connectivity index (χ1n) is 8.39. The van der Waals surface area contributed by atoms with Crippen LogP contribution in [-0.4, -0.2) is 33.0 Å². The Labute approximate surface area is 166 Å². The number of hydrogen-bond acceptors (Lipinski definition) is 5. The fourth-order valence-corrected chi connectivity index (χ4v) is 3.26. The fourth-order valence-electron chi connectivity index (χ4n) is 2.36. The van der Waals surface area contributed by atoms with E-state index >= 15 is 0 Å². The predicted octanol–water partition coefficient (Wildman–Crippen LogP) is 4.36. The van der Waals surface area contributed by atoms with E-state index in [2.05, 4.69) is 15.5 Å². The predicted molar refractivity (Wildman–Crippen MR) is 108 cm³/mol. The van der Waals surface area contributed by atoms with E-state index in [1.165, 1.54) is 11.8 Å². The number of nitrogens with zero attached hydrogens (tertiary/aromatic N) is 3. The van der Waals surface area contributed by atoms with Crippen LogP contribution >= 0.6 is 23.4 Å². The molecule has 1 aromatic heterocycles. The highest BCUT2D eigenvalue weighted by Crippen LogP contribution is 2.24. The van der Waals surface area contributed by atoms with Gasteiger partial charge >= 0.3 is 0 Å². The Morgan fingerprint density at radius 2 is 2.04 bits per heavy atom. The van der Waals surface area contributed by atoms with Crippen molar-refractivity contribution in [2.45, 2.75) is 19.0 Å². The first-order chi connectivity index (χ1) is 13.1. The van der Waals surface area contributed by atoms with Crippen LogP contribution in [0, 0.1) is 6.92 Å². The molecular weight excluding hydrogens is 384 g/mol. The molecule has 1 N–H and O–H groups in total. The number of anilines is 1. The van der Waals surface area contributed by atoms with Crippen LogP contribution in [0.2, 0.25) is 5.02 Å². The Morgan fingerprint density at radius 1 is 1.26 bits per heavy atom. The number of nitrogens with one attached hydrogen (secondary N) is 1. The second-order valence-electron chi connectivity index (χ2n) is 5.71. The second-order valence-corrected chi connectivity index (χ2v) is 7.06. The Hall–Kier alpha value is -2.51. The average molecular weight is 403 g/mol. The zero-order valence-corrected chi connectivity index (χ0v) is 16.5. The Morgan fingerprint density at radius 3 is 2.74 bits per heavy atom. The van der Waals surface area contributed by atoms with Crippen molar-refractivity contribution in [2.75, 3.05) is 17.7 Å². The minimum atomic E-state index is -0.124. The highest BCUT2D eigenvalue weighted by atomic mass is 35.5. The zero-order valence-electron chi connectivity index (χ0n) is 15.0. The molecule has 0 radical (unpaired) electrons. The molecule has 0 aliphatic heterocycles. The van der Waals surface area contributed by atoms with Gasteiger partial charge in [-0.15, -0.1) is 10.2 Å². The van der Waals surface area contributed by atoms with E-state index in [4.69, 9.17) is 16.3 Å². The van der Waals surface area contributed by atoms with Gasteiger partial charge in [0.25, 0.3) is 0 Å². The van der Waals surface area contributed by atoms with Crippen LogP contribution in [-0.2, 0) is 4.79 Å². The molecule has 0 unspecified atom stereocenters. The molecule has 3 aromatic rings. The molecular formula is C19H19ClN4O2S. The minimum Gasteiger partial charge on any atom is -0.494 e. The van der Waals surface area contributed by atoms with Gasteiger partial charge in [-0.05, 0) is 55.8 Å². The van der Waals surface area contributed by atoms with Crippen molar-refractivity contribution < 1.29 is 9.53 Å². The Bertz CT molecular complexity index is 928. The summed E-state index contributed by atoms with van der Waals surface area (Å²) < 4.78 is 7.19. The maximum Gasteiger partial charge on any atom is 0.234 e. The van der Waals surface area contributed by atoms with Gasteiger partial charge in [0.1, 0.15) is 12.1 Å². The number of thioether (sulfide) groups is 1. The summed E-state index contributed by atoms with van der Waals surface area (Å²) in [6.45, 7) is 4.48. The molecule has 0 spiro atoms. The van der Waals surface area contributed by atoms with Crippen LogP contribution in [0.4, 0.5) is 5.69 Å². The maximum atomic E-state index is 12.2. The number of rotatable bonds is 7. The molecule has 6 nitrogen and oxygen atoms in total. The van der Waals surface area contributed by atoms with Gasteiger partial charge in [-0.1, -0.05) is 29.4 Å². The molecule has 140 valence electrons. The lowest BCUT2D eigenvalue weighted by molar-refractivity contribution is -0.113. The van der Waals surface area contributed by atoms with Gasteiger partial charge in [0, 0.05) is 10.7 Å². The summed E-state index contributed by atoms with van der Waals surface area (Å²) in [5, 5.41) is 12.2. The van der Waals surface area contributed by atoms with Crippen molar-refractivity contribution >= 4 is 35.0 Å². The third kappa shape index (κ3) is 5.02. The van der Waals surface area contributed by atoms with Gasteiger partial charge in [-0.3, -0.25) is 9.36 Å². The molecule has 0 bridgehead atoms. The van der Waals surface area contributed by atoms with E-state index in [0.29, 0.717) is 16.8 Å². The monoisotopic (exact) mass is 402 g/mol. The topological polar surface area (TPSA) is 69.0 Å². The number of ether oxygens (including phenoxy) is 1. The lowest BCUT2D eigenvalue weighted by Gasteiger charge is -2.09. The molecule has 8 heteroatoms. The molecule has 0 atom stereocenters. The summed E-state index contributed by atoms with van der Waals surface area (Å²) >= 11 is 7.50. The van der Waals surface area contributed by atoms with Gasteiger partial charge in [-0.2, -0.15) is 0 Å². The van der Waals surface area contributed by atoms with E-state index in [1.54, 1.807) is 10.9 Å². The lowest BCUT2D eigenvalue weighted by Crippen LogP contribution is -2.14. The summed E-state index contributed by atoms with van der Waals surface area (Å²) in [5.74, 6) is 0.862. The Kier molecular flexibility index (Phi) is 6.36. The fraction of sp³-hybridized carbons (Fsp3) is 0.211. The molecule has 2 aromatic carbocycles. The molecule has 1 heterocycles. The van der Waals surface area contributed by atoms with Crippen LogP contribution in [0.3, 0.4) is 0 Å². The van der Waals surface area contributed by atoms with E-state index in [9.17, 15) is 4.79 Å². The van der Waals surface area contributed by atoms with Crippen LogP contribution in [0.25, 0.3) is 5.69 Å². The number of aromatic nitrogens is 3. The number of carbonyl (C=O) groups excluding carboxylic acids is 1. The normalized spacial score (nSPS) is 10.6. The molecule has 3 rings (SSSR count). The number of benzene rings is 2. The SMILES string of the molecule is CCOc1ccc(NC(=O)CSc2nncn2-c2ccc(C)c(Cl)c2)cc1. The maximum absolute atomic E-state index is 12.2. The quantitative estimate of drug-likeness (QED) is 0.594. The first-order valence-corrected chi connectivity index (χ1v) is 9.75. The molecule has 0 saturated carbocycles. The van der Waals surface area contributed by atoms with E-state index in [1.807, 2.05) is 56.3 Å². The largest absolute Gasteiger partial charge is 0.494 e. The van der Waals surface area contributed by atoms with Gasteiger partial charge in [0.2, 0.25) is 5.91 Å². The smallest absolute Gasteiger partial charge is 0.234 e. The van der Waals surface area contributed by atoms with E-state index in [0.717, 1.165) is 22.7 Å². The summed E-state index contributed by atoms with van der Waals surface area (Å²) in [7, 11) is 0. The van der Waals surface area contributed by atoms with E-state index in [-0.39, 0.29) is 11.7 Å². The van der Waals surface area contributed by atoms with Crippen LogP contribution in [0.5, 0.6) is 5.75 Å². The molecule has 0 fully saturated rings. The summed E-state index contributed by atoms with van der Waals surface area (Å²) in [4.78, 5) is 12.2. The van der Waals surface area contributed by atoms with Crippen molar-refractivity contribution in [3.63, 3.8) is 0 Å². The summed E-state index contributed by atoms with van der Waals surface area (Å²) in [6, 6.07) is 13.0. The summed E-state index contributed by atoms with van der Waals surface area (Å²) in [6.07, 6.45) is 1.60. The van der Waals surface area contributed by atoms with Gasteiger partial charge in [-0.25, -0.2) is 0 Å². The van der Waals surface area contributed by atoms with Gasteiger partial charge in [0.15, 0.2) is 5.16 Å². The number of aryl methyl sites for hydroxylation is 1. The standard InChI is InChI=1S/C19H19ClN4O2S/c1-3-26-16-8-5-14(6-9-16)22-18(25)11-27-19-23-21-12-24(19)15-7-4-13(2)17(20)10-15/h4-10,12H,3,11H2,1-2H3,(H,22,25). The van der Waals surface area contributed by atoms with Crippen molar-refractivity contribution in [1.82, 2.24) is 14.8 Å². The number of hydrogen-bond donors (Lipinski definition) is 1. The minimum absolute atomic E-state index is 0.124. The third-order valence-corrected chi connectivity index (χ3v) is 5.08. The molecule has 0 aliphatic carbocycles. The molecule has 0 saturated heterocycles. The molecule has 0 aliphatic rings. The van der Waals surface area contributed by atoms with Crippen LogP contribution < -0.4 is 10.1 Å². The van der Waals surface area contributed by atoms with E-state index < -0.39 is 0 Å². The third-order valence-electron chi connectivity index (χ3n) is 3.73.